The number of amides is 1. The maximum absolute atomic E-state index is 12.1. The largest absolute Gasteiger partial charge is 0.444 e. The van der Waals surface area contributed by atoms with Crippen LogP contribution in [0.5, 0.6) is 0 Å². The number of aromatic nitrogens is 1. The van der Waals surface area contributed by atoms with Crippen LogP contribution >= 0.6 is 23.1 Å². The highest BCUT2D eigenvalue weighted by Gasteiger charge is 2.27. The molecule has 0 bridgehead atoms. The average molecular weight is 314 g/mol. The molecular weight excluding hydrogens is 292 g/mol. The van der Waals surface area contributed by atoms with Crippen LogP contribution in [0.25, 0.3) is 0 Å². The van der Waals surface area contributed by atoms with E-state index in [-0.39, 0.29) is 6.09 Å². The second-order valence-electron chi connectivity index (χ2n) is 5.97. The molecule has 1 atom stereocenters. The summed E-state index contributed by atoms with van der Waals surface area (Å²) in [6.07, 6.45) is 3.97. The number of rotatable bonds is 3. The Kier molecular flexibility index (Phi) is 5.32. The molecule has 0 aliphatic carbocycles. The minimum atomic E-state index is -0.417. The molecule has 1 aromatic rings. The van der Waals surface area contributed by atoms with E-state index in [0.717, 1.165) is 25.3 Å². The van der Waals surface area contributed by atoms with Gasteiger partial charge >= 0.3 is 6.09 Å². The van der Waals surface area contributed by atoms with E-state index in [0.29, 0.717) is 5.25 Å². The van der Waals surface area contributed by atoms with Gasteiger partial charge < -0.3 is 9.64 Å². The van der Waals surface area contributed by atoms with Crippen molar-refractivity contribution in [3.05, 3.63) is 16.6 Å². The van der Waals surface area contributed by atoms with Crippen LogP contribution in [0.4, 0.5) is 4.79 Å². The van der Waals surface area contributed by atoms with Crippen molar-refractivity contribution in [1.29, 1.82) is 0 Å². The molecule has 1 aliphatic heterocycles. The van der Waals surface area contributed by atoms with E-state index in [2.05, 4.69) is 4.98 Å². The SMILES string of the molecule is CC(C)(C)OC(=O)N1CCC[C@H](SCc2cncs2)C1. The van der Waals surface area contributed by atoms with Gasteiger partial charge in [-0.3, -0.25) is 4.98 Å². The molecule has 1 amide bonds. The summed E-state index contributed by atoms with van der Waals surface area (Å²) in [4.78, 5) is 19.3. The standard InChI is InChI=1S/C14H22N2O2S2/c1-14(2,3)18-13(17)16-6-4-5-11(8-16)19-9-12-7-15-10-20-12/h7,10-11H,4-6,8-9H2,1-3H3/t11-/m0/s1. The number of hydrogen-bond donors (Lipinski definition) is 0. The Labute approximate surface area is 128 Å². The summed E-state index contributed by atoms with van der Waals surface area (Å²) in [5, 5.41) is 0.498. The van der Waals surface area contributed by atoms with Gasteiger partial charge in [-0.25, -0.2) is 4.79 Å². The molecule has 2 rings (SSSR count). The number of likely N-dealkylation sites (tertiary alicyclic amines) is 1. The molecule has 112 valence electrons. The number of piperidine rings is 1. The number of thioether (sulfide) groups is 1. The lowest BCUT2D eigenvalue weighted by Crippen LogP contribution is -2.43. The summed E-state index contributed by atoms with van der Waals surface area (Å²) in [5.41, 5.74) is 1.45. The Morgan fingerprint density at radius 2 is 2.40 bits per heavy atom. The summed E-state index contributed by atoms with van der Waals surface area (Å²) in [6, 6.07) is 0. The molecule has 1 saturated heterocycles. The van der Waals surface area contributed by atoms with Crippen molar-refractivity contribution < 1.29 is 9.53 Å². The lowest BCUT2D eigenvalue weighted by atomic mass is 10.1. The van der Waals surface area contributed by atoms with Crippen LogP contribution in [-0.4, -0.2) is 39.9 Å². The third-order valence-electron chi connectivity index (χ3n) is 2.97. The van der Waals surface area contributed by atoms with E-state index in [1.54, 1.807) is 11.3 Å². The fourth-order valence-corrected chi connectivity index (χ4v) is 4.03. The number of carbonyl (C=O) groups is 1. The third-order valence-corrected chi connectivity index (χ3v) is 5.27. The van der Waals surface area contributed by atoms with Gasteiger partial charge in [0.05, 0.1) is 5.51 Å². The van der Waals surface area contributed by atoms with Crippen molar-refractivity contribution in [3.8, 4) is 0 Å². The zero-order valence-electron chi connectivity index (χ0n) is 12.3. The van der Waals surface area contributed by atoms with Gasteiger partial charge in [-0.2, -0.15) is 11.8 Å². The van der Waals surface area contributed by atoms with Crippen LogP contribution in [0, 0.1) is 0 Å². The summed E-state index contributed by atoms with van der Waals surface area (Å²) in [5.74, 6) is 0.984. The molecule has 2 heterocycles. The van der Waals surface area contributed by atoms with Crippen LogP contribution in [0.15, 0.2) is 11.7 Å². The second-order valence-corrected chi connectivity index (χ2v) is 8.23. The van der Waals surface area contributed by atoms with Crippen LogP contribution in [0.1, 0.15) is 38.5 Å². The lowest BCUT2D eigenvalue weighted by Gasteiger charge is -2.33. The van der Waals surface area contributed by atoms with Gasteiger partial charge in [0.15, 0.2) is 0 Å². The minimum Gasteiger partial charge on any atom is -0.444 e. The highest BCUT2D eigenvalue weighted by atomic mass is 32.2. The normalized spacial score (nSPS) is 19.9. The van der Waals surface area contributed by atoms with Gasteiger partial charge in [-0.1, -0.05) is 0 Å². The molecule has 0 N–H and O–H groups in total. The maximum atomic E-state index is 12.1. The van der Waals surface area contributed by atoms with Gasteiger partial charge in [-0.05, 0) is 33.6 Å². The molecule has 0 saturated carbocycles. The van der Waals surface area contributed by atoms with Crippen LogP contribution in [0.2, 0.25) is 0 Å². The Hall–Kier alpha value is -0.750. The van der Waals surface area contributed by atoms with Crippen molar-refractivity contribution in [3.63, 3.8) is 0 Å². The van der Waals surface area contributed by atoms with E-state index in [4.69, 9.17) is 4.74 Å². The molecule has 0 spiro atoms. The Morgan fingerprint density at radius 1 is 1.60 bits per heavy atom. The molecule has 1 aliphatic rings. The summed E-state index contributed by atoms with van der Waals surface area (Å²) in [7, 11) is 0. The summed E-state index contributed by atoms with van der Waals surface area (Å²) >= 11 is 3.60. The number of thiazole rings is 1. The molecule has 20 heavy (non-hydrogen) atoms. The Morgan fingerprint density at radius 3 is 3.05 bits per heavy atom. The predicted octanol–water partition coefficient (Wildman–Crippen LogP) is 3.78. The van der Waals surface area contributed by atoms with E-state index in [9.17, 15) is 4.79 Å². The molecule has 4 nitrogen and oxygen atoms in total. The van der Waals surface area contributed by atoms with Crippen LogP contribution in [0.3, 0.4) is 0 Å². The molecule has 1 fully saturated rings. The van der Waals surface area contributed by atoms with Gasteiger partial charge in [0.25, 0.3) is 0 Å². The maximum Gasteiger partial charge on any atom is 0.410 e. The average Bonchev–Trinajstić information content (AvgIpc) is 2.88. The zero-order valence-corrected chi connectivity index (χ0v) is 13.9. The third kappa shape index (κ3) is 4.98. The fourth-order valence-electron chi connectivity index (χ4n) is 2.08. The fraction of sp³-hybridized carbons (Fsp3) is 0.714. The zero-order chi connectivity index (χ0) is 14.6. The first-order valence-electron chi connectivity index (χ1n) is 6.91. The number of nitrogens with zero attached hydrogens (tertiary/aromatic N) is 2. The van der Waals surface area contributed by atoms with E-state index < -0.39 is 5.60 Å². The molecular formula is C14H22N2O2S2. The Bertz CT molecular complexity index is 429. The van der Waals surface area contributed by atoms with Crippen molar-refractivity contribution in [2.45, 2.75) is 50.2 Å². The first-order chi connectivity index (χ1) is 9.44. The Balaban J connectivity index is 1.80. The quantitative estimate of drug-likeness (QED) is 0.851. The van der Waals surface area contributed by atoms with Crippen molar-refractivity contribution >= 4 is 29.2 Å². The monoisotopic (exact) mass is 314 g/mol. The first-order valence-corrected chi connectivity index (χ1v) is 8.84. The lowest BCUT2D eigenvalue weighted by molar-refractivity contribution is 0.0220. The van der Waals surface area contributed by atoms with Gasteiger partial charge in [0.1, 0.15) is 5.60 Å². The van der Waals surface area contributed by atoms with Gasteiger partial charge in [0, 0.05) is 35.2 Å². The highest BCUT2D eigenvalue weighted by Crippen LogP contribution is 2.27. The molecule has 0 radical (unpaired) electrons. The number of hydrogen-bond acceptors (Lipinski definition) is 5. The van der Waals surface area contributed by atoms with Crippen LogP contribution in [-0.2, 0) is 10.5 Å². The molecule has 6 heteroatoms. The van der Waals surface area contributed by atoms with Crippen molar-refractivity contribution in [2.75, 3.05) is 13.1 Å². The van der Waals surface area contributed by atoms with Gasteiger partial charge in [0.2, 0.25) is 0 Å². The second kappa shape index (κ2) is 6.80. The van der Waals surface area contributed by atoms with Crippen LogP contribution < -0.4 is 0 Å². The smallest absolute Gasteiger partial charge is 0.410 e. The van der Waals surface area contributed by atoms with E-state index >= 15 is 0 Å². The highest BCUT2D eigenvalue weighted by molar-refractivity contribution is 7.99. The number of carbonyl (C=O) groups excluding carboxylic acids is 1. The van der Waals surface area contributed by atoms with Gasteiger partial charge in [-0.15, -0.1) is 11.3 Å². The number of ether oxygens (including phenoxy) is 1. The minimum absolute atomic E-state index is 0.180. The van der Waals surface area contributed by atoms with Crippen molar-refractivity contribution in [2.24, 2.45) is 0 Å². The molecule has 1 aromatic heterocycles. The topological polar surface area (TPSA) is 42.4 Å². The molecule has 0 unspecified atom stereocenters. The summed E-state index contributed by atoms with van der Waals surface area (Å²) in [6.45, 7) is 7.32. The molecule has 0 aromatic carbocycles. The van der Waals surface area contributed by atoms with E-state index in [1.807, 2.05) is 49.1 Å². The summed E-state index contributed by atoms with van der Waals surface area (Å²) < 4.78 is 5.45. The predicted molar refractivity (Wildman–Crippen MR) is 84.2 cm³/mol. The first kappa shape index (κ1) is 15.6. The van der Waals surface area contributed by atoms with Crippen molar-refractivity contribution in [1.82, 2.24) is 9.88 Å². The van der Waals surface area contributed by atoms with E-state index in [1.165, 1.54) is 11.3 Å².